The molecule has 0 bridgehead atoms. The lowest BCUT2D eigenvalue weighted by atomic mass is 9.95. The van der Waals surface area contributed by atoms with E-state index in [1.165, 1.54) is 18.5 Å². The van der Waals surface area contributed by atoms with Gasteiger partial charge in [-0.3, -0.25) is 0 Å². The first kappa shape index (κ1) is 16.6. The molecule has 0 aromatic carbocycles. The molecule has 3 fully saturated rings. The van der Waals surface area contributed by atoms with Crippen LogP contribution < -0.4 is 0 Å². The summed E-state index contributed by atoms with van der Waals surface area (Å²) in [6.45, 7) is 6.36. The number of hydrogen-bond acceptors (Lipinski definition) is 6. The Hall–Kier alpha value is -1.57. The van der Waals surface area contributed by atoms with Crippen molar-refractivity contribution in [3.05, 3.63) is 23.7 Å². The van der Waals surface area contributed by atoms with Crippen LogP contribution in [0.25, 0.3) is 5.65 Å². The van der Waals surface area contributed by atoms with Crippen LogP contribution in [-0.4, -0.2) is 70.8 Å². The molecule has 7 heteroatoms. The number of ether oxygens (including phenoxy) is 2. The Labute approximate surface area is 153 Å². The second kappa shape index (κ2) is 7.21. The fraction of sp³-hybridized carbons (Fsp3) is 0.737. The zero-order valence-electron chi connectivity index (χ0n) is 15.2. The summed E-state index contributed by atoms with van der Waals surface area (Å²) in [6.07, 6.45) is 4.76. The SMILES string of the molecule is c1cc2nnc(C3CCN(CC4COCCOC4)CC3)n2nc1C1CC1. The van der Waals surface area contributed by atoms with Gasteiger partial charge in [-0.2, -0.15) is 9.61 Å². The Balaban J connectivity index is 1.23. The van der Waals surface area contributed by atoms with E-state index in [0.29, 0.717) is 17.8 Å². The van der Waals surface area contributed by atoms with Crippen molar-refractivity contribution in [3.8, 4) is 0 Å². The molecular weight excluding hydrogens is 330 g/mol. The molecule has 0 amide bonds. The van der Waals surface area contributed by atoms with Crippen molar-refractivity contribution < 1.29 is 9.47 Å². The maximum atomic E-state index is 5.63. The standard InChI is InChI=1S/C19H27N5O2/c1-2-15(1)17-3-4-18-20-21-19(24(18)22-17)16-5-7-23(8-6-16)11-14-12-25-9-10-26-13-14/h3-4,14-16H,1-2,5-13H2. The van der Waals surface area contributed by atoms with Crippen LogP contribution in [-0.2, 0) is 9.47 Å². The number of piperidine rings is 1. The minimum absolute atomic E-state index is 0.449. The summed E-state index contributed by atoms with van der Waals surface area (Å²) in [6, 6.07) is 4.18. The van der Waals surface area contributed by atoms with E-state index in [1.807, 2.05) is 4.52 Å². The molecule has 4 heterocycles. The third-order valence-electron chi connectivity index (χ3n) is 5.85. The van der Waals surface area contributed by atoms with E-state index in [1.54, 1.807) is 0 Å². The summed E-state index contributed by atoms with van der Waals surface area (Å²) in [5, 5.41) is 13.7. The fourth-order valence-corrected chi connectivity index (χ4v) is 4.18. The molecule has 0 unspecified atom stereocenters. The van der Waals surface area contributed by atoms with Crippen LogP contribution in [0, 0.1) is 5.92 Å². The molecule has 0 spiro atoms. The molecule has 26 heavy (non-hydrogen) atoms. The fourth-order valence-electron chi connectivity index (χ4n) is 4.18. The van der Waals surface area contributed by atoms with Gasteiger partial charge in [0.25, 0.3) is 0 Å². The van der Waals surface area contributed by atoms with Crippen LogP contribution in [0.2, 0.25) is 0 Å². The number of likely N-dealkylation sites (tertiary alicyclic amines) is 1. The topological polar surface area (TPSA) is 64.8 Å². The van der Waals surface area contributed by atoms with Crippen molar-refractivity contribution in [2.24, 2.45) is 5.92 Å². The smallest absolute Gasteiger partial charge is 0.177 e. The second-order valence-corrected chi connectivity index (χ2v) is 7.95. The molecular formula is C19H27N5O2. The van der Waals surface area contributed by atoms with Crippen LogP contribution in [0.15, 0.2) is 12.1 Å². The van der Waals surface area contributed by atoms with Gasteiger partial charge in [-0.05, 0) is 50.9 Å². The normalized spacial score (nSPS) is 24.2. The lowest BCUT2D eigenvalue weighted by Gasteiger charge is -2.33. The largest absolute Gasteiger partial charge is 0.379 e. The van der Waals surface area contributed by atoms with E-state index >= 15 is 0 Å². The van der Waals surface area contributed by atoms with Crippen molar-refractivity contribution in [1.29, 1.82) is 0 Å². The minimum atomic E-state index is 0.449. The highest BCUT2D eigenvalue weighted by Crippen LogP contribution is 2.39. The van der Waals surface area contributed by atoms with Crippen LogP contribution in [0.5, 0.6) is 0 Å². The van der Waals surface area contributed by atoms with Gasteiger partial charge in [-0.25, -0.2) is 0 Å². The van der Waals surface area contributed by atoms with Gasteiger partial charge < -0.3 is 14.4 Å². The van der Waals surface area contributed by atoms with Crippen LogP contribution in [0.3, 0.4) is 0 Å². The lowest BCUT2D eigenvalue weighted by molar-refractivity contribution is 0.0931. The van der Waals surface area contributed by atoms with Gasteiger partial charge in [0.2, 0.25) is 0 Å². The number of aromatic nitrogens is 4. The van der Waals surface area contributed by atoms with Crippen molar-refractivity contribution in [2.75, 3.05) is 46.1 Å². The van der Waals surface area contributed by atoms with Gasteiger partial charge >= 0.3 is 0 Å². The maximum absolute atomic E-state index is 5.63. The van der Waals surface area contributed by atoms with E-state index in [2.05, 4.69) is 27.2 Å². The van der Waals surface area contributed by atoms with E-state index in [-0.39, 0.29) is 0 Å². The van der Waals surface area contributed by atoms with Gasteiger partial charge in [0.05, 0.1) is 32.1 Å². The molecule has 3 aliphatic rings. The summed E-state index contributed by atoms with van der Waals surface area (Å²) in [5.74, 6) is 2.64. The number of nitrogens with zero attached hydrogens (tertiary/aromatic N) is 5. The summed E-state index contributed by atoms with van der Waals surface area (Å²) >= 11 is 0. The Morgan fingerprint density at radius 1 is 0.923 bits per heavy atom. The average molecular weight is 357 g/mol. The maximum Gasteiger partial charge on any atom is 0.177 e. The molecule has 1 aliphatic carbocycles. The number of rotatable bonds is 4. The summed E-state index contributed by atoms with van der Waals surface area (Å²) in [4.78, 5) is 2.55. The first-order valence-electron chi connectivity index (χ1n) is 9.97. The van der Waals surface area contributed by atoms with Crippen molar-refractivity contribution >= 4 is 5.65 Å². The Kier molecular flexibility index (Phi) is 4.60. The highest BCUT2D eigenvalue weighted by molar-refractivity contribution is 5.38. The Morgan fingerprint density at radius 2 is 1.69 bits per heavy atom. The van der Waals surface area contributed by atoms with Crippen LogP contribution >= 0.6 is 0 Å². The predicted octanol–water partition coefficient (Wildman–Crippen LogP) is 1.84. The molecule has 7 nitrogen and oxygen atoms in total. The zero-order valence-corrected chi connectivity index (χ0v) is 15.2. The highest BCUT2D eigenvalue weighted by atomic mass is 16.5. The monoisotopic (exact) mass is 357 g/mol. The molecule has 140 valence electrons. The minimum Gasteiger partial charge on any atom is -0.379 e. The molecule has 2 saturated heterocycles. The number of hydrogen-bond donors (Lipinski definition) is 0. The van der Waals surface area contributed by atoms with Crippen LogP contribution in [0.4, 0.5) is 0 Å². The third-order valence-corrected chi connectivity index (χ3v) is 5.85. The molecule has 2 aromatic heterocycles. The zero-order chi connectivity index (χ0) is 17.3. The van der Waals surface area contributed by atoms with E-state index in [9.17, 15) is 0 Å². The van der Waals surface area contributed by atoms with Crippen molar-refractivity contribution in [3.63, 3.8) is 0 Å². The highest BCUT2D eigenvalue weighted by Gasteiger charge is 2.29. The second-order valence-electron chi connectivity index (χ2n) is 7.95. The molecule has 1 saturated carbocycles. The molecule has 2 aromatic rings. The predicted molar refractivity (Wildman–Crippen MR) is 96.3 cm³/mol. The van der Waals surface area contributed by atoms with Gasteiger partial charge in [-0.1, -0.05) is 0 Å². The molecule has 2 aliphatic heterocycles. The van der Waals surface area contributed by atoms with Gasteiger partial charge in [0, 0.05) is 24.3 Å². The summed E-state index contributed by atoms with van der Waals surface area (Å²) in [7, 11) is 0. The van der Waals surface area contributed by atoms with Crippen molar-refractivity contribution in [2.45, 2.75) is 37.5 Å². The average Bonchev–Trinajstić information content (AvgIpc) is 3.47. The number of fused-ring (bicyclic) bond motifs is 1. The van der Waals surface area contributed by atoms with E-state index in [4.69, 9.17) is 14.6 Å². The first-order chi connectivity index (χ1) is 12.9. The third kappa shape index (κ3) is 3.48. The molecule has 0 atom stereocenters. The Morgan fingerprint density at radius 3 is 2.42 bits per heavy atom. The molecule has 0 N–H and O–H groups in total. The van der Waals surface area contributed by atoms with E-state index < -0.39 is 0 Å². The van der Waals surface area contributed by atoms with E-state index in [0.717, 1.165) is 70.4 Å². The Bertz CT molecular complexity index is 743. The van der Waals surface area contributed by atoms with Gasteiger partial charge in [-0.15, -0.1) is 10.2 Å². The summed E-state index contributed by atoms with van der Waals surface area (Å²) < 4.78 is 13.3. The van der Waals surface area contributed by atoms with Crippen LogP contribution in [0.1, 0.15) is 49.0 Å². The van der Waals surface area contributed by atoms with Gasteiger partial charge in [0.15, 0.2) is 11.5 Å². The molecule has 0 radical (unpaired) electrons. The first-order valence-corrected chi connectivity index (χ1v) is 9.97. The molecule has 5 rings (SSSR count). The summed E-state index contributed by atoms with van der Waals surface area (Å²) in [5.41, 5.74) is 2.07. The quantitative estimate of drug-likeness (QED) is 0.832. The van der Waals surface area contributed by atoms with Gasteiger partial charge in [0.1, 0.15) is 0 Å². The van der Waals surface area contributed by atoms with Crippen molar-refractivity contribution in [1.82, 2.24) is 24.7 Å². The lowest BCUT2D eigenvalue weighted by Crippen LogP contribution is -2.38.